The molecule has 2 aromatic carbocycles. The van der Waals surface area contributed by atoms with Crippen LogP contribution < -0.4 is 10.1 Å². The second-order valence-electron chi connectivity index (χ2n) is 6.63. The first-order chi connectivity index (χ1) is 10.8. The summed E-state index contributed by atoms with van der Waals surface area (Å²) in [7, 11) is 1.78. The Kier molecular flexibility index (Phi) is 3.77. The Morgan fingerprint density at radius 1 is 1.09 bits per heavy atom. The summed E-state index contributed by atoms with van der Waals surface area (Å²) in [6.07, 6.45) is 3.95. The molecule has 3 nitrogen and oxygen atoms in total. The first-order valence-corrected chi connectivity index (χ1v) is 8.36. The van der Waals surface area contributed by atoms with E-state index in [1.807, 2.05) is 0 Å². The van der Waals surface area contributed by atoms with Crippen molar-refractivity contribution in [2.75, 3.05) is 20.2 Å². The lowest BCUT2D eigenvalue weighted by molar-refractivity contribution is 0.248. The quantitative estimate of drug-likeness (QED) is 0.941. The van der Waals surface area contributed by atoms with Gasteiger partial charge in [0.25, 0.3) is 0 Å². The molecule has 2 aliphatic rings. The number of ether oxygens (including phenoxy) is 1. The third-order valence-corrected chi connectivity index (χ3v) is 5.21. The Balaban J connectivity index is 1.65. The van der Waals surface area contributed by atoms with Crippen molar-refractivity contribution >= 4 is 10.8 Å². The molecule has 1 N–H and O–H groups in total. The normalized spacial score (nSPS) is 25.3. The minimum absolute atomic E-state index is 0.675. The van der Waals surface area contributed by atoms with E-state index >= 15 is 0 Å². The molecule has 2 bridgehead atoms. The van der Waals surface area contributed by atoms with Crippen LogP contribution in [-0.4, -0.2) is 37.2 Å². The topological polar surface area (TPSA) is 24.5 Å². The second-order valence-corrected chi connectivity index (χ2v) is 6.63. The van der Waals surface area contributed by atoms with Gasteiger partial charge in [-0.1, -0.05) is 30.3 Å². The van der Waals surface area contributed by atoms with E-state index in [0.717, 1.165) is 24.9 Å². The first-order valence-electron chi connectivity index (χ1n) is 8.36. The third kappa shape index (κ3) is 2.59. The van der Waals surface area contributed by atoms with E-state index in [1.165, 1.54) is 42.1 Å². The average Bonchev–Trinajstić information content (AvgIpc) is 2.89. The predicted molar refractivity (Wildman–Crippen MR) is 90.3 cm³/mol. The Bertz CT molecular complexity index is 670. The van der Waals surface area contributed by atoms with E-state index in [2.05, 4.69) is 46.6 Å². The lowest BCUT2D eigenvalue weighted by Gasteiger charge is -2.25. The van der Waals surface area contributed by atoms with Crippen molar-refractivity contribution in [2.45, 2.75) is 37.9 Å². The Labute approximate surface area is 132 Å². The fraction of sp³-hybridized carbons (Fsp3) is 0.474. The van der Waals surface area contributed by atoms with Crippen LogP contribution in [0.15, 0.2) is 36.4 Å². The Morgan fingerprint density at radius 3 is 2.86 bits per heavy atom. The van der Waals surface area contributed by atoms with E-state index in [1.54, 1.807) is 7.11 Å². The van der Waals surface area contributed by atoms with Crippen molar-refractivity contribution in [2.24, 2.45) is 0 Å². The van der Waals surface area contributed by atoms with Gasteiger partial charge in [-0.3, -0.25) is 4.90 Å². The van der Waals surface area contributed by atoms with Gasteiger partial charge in [-0.2, -0.15) is 0 Å². The molecule has 4 rings (SSSR count). The van der Waals surface area contributed by atoms with Gasteiger partial charge in [-0.15, -0.1) is 0 Å². The number of fused-ring (bicyclic) bond motifs is 3. The number of rotatable bonds is 3. The lowest BCUT2D eigenvalue weighted by Crippen LogP contribution is -2.35. The molecule has 3 heteroatoms. The highest BCUT2D eigenvalue weighted by Crippen LogP contribution is 2.30. The van der Waals surface area contributed by atoms with Gasteiger partial charge in [0.15, 0.2) is 0 Å². The van der Waals surface area contributed by atoms with Gasteiger partial charge in [0.2, 0.25) is 0 Å². The van der Waals surface area contributed by atoms with Crippen LogP contribution in [0.3, 0.4) is 0 Å². The first kappa shape index (κ1) is 14.0. The van der Waals surface area contributed by atoms with Crippen molar-refractivity contribution in [3.8, 4) is 5.75 Å². The van der Waals surface area contributed by atoms with Gasteiger partial charge in [-0.05, 0) is 36.1 Å². The summed E-state index contributed by atoms with van der Waals surface area (Å²) in [5, 5.41) is 6.38. The van der Waals surface area contributed by atoms with Gasteiger partial charge < -0.3 is 10.1 Å². The summed E-state index contributed by atoms with van der Waals surface area (Å²) in [6.45, 7) is 3.32. The molecule has 0 radical (unpaired) electrons. The van der Waals surface area contributed by atoms with Crippen LogP contribution >= 0.6 is 0 Å². The molecule has 2 fully saturated rings. The number of methoxy groups -OCH3 is 1. The van der Waals surface area contributed by atoms with Gasteiger partial charge >= 0.3 is 0 Å². The molecule has 2 aliphatic heterocycles. The van der Waals surface area contributed by atoms with Crippen LogP contribution in [0.1, 0.15) is 24.8 Å². The van der Waals surface area contributed by atoms with Gasteiger partial charge in [0, 0.05) is 37.3 Å². The second kappa shape index (κ2) is 5.90. The van der Waals surface area contributed by atoms with E-state index in [9.17, 15) is 0 Å². The maximum atomic E-state index is 5.65. The SMILES string of the molecule is COc1ccc2ccccc2c1CN1CCC2CCC(C1)N2. The monoisotopic (exact) mass is 296 g/mol. The Hall–Kier alpha value is -1.58. The maximum Gasteiger partial charge on any atom is 0.123 e. The van der Waals surface area contributed by atoms with Crippen LogP contribution in [0, 0.1) is 0 Å². The zero-order valence-electron chi connectivity index (χ0n) is 13.2. The molecule has 0 saturated carbocycles. The maximum absolute atomic E-state index is 5.65. The van der Waals surface area contributed by atoms with Crippen molar-refractivity contribution in [3.63, 3.8) is 0 Å². The molecule has 2 heterocycles. The van der Waals surface area contributed by atoms with Crippen molar-refractivity contribution in [1.82, 2.24) is 10.2 Å². The summed E-state index contributed by atoms with van der Waals surface area (Å²) in [5.41, 5.74) is 1.33. The number of likely N-dealkylation sites (tertiary alicyclic amines) is 1. The highest BCUT2D eigenvalue weighted by Gasteiger charge is 2.29. The number of benzene rings is 2. The van der Waals surface area contributed by atoms with Gasteiger partial charge in [0.05, 0.1) is 7.11 Å². The van der Waals surface area contributed by atoms with E-state index < -0.39 is 0 Å². The molecule has 2 atom stereocenters. The minimum Gasteiger partial charge on any atom is -0.496 e. The molecule has 116 valence electrons. The minimum atomic E-state index is 0.675. The summed E-state index contributed by atoms with van der Waals surface area (Å²) < 4.78 is 5.65. The fourth-order valence-electron chi connectivity index (χ4n) is 4.05. The van der Waals surface area contributed by atoms with Crippen molar-refractivity contribution in [1.29, 1.82) is 0 Å². The molecule has 0 amide bonds. The third-order valence-electron chi connectivity index (χ3n) is 5.21. The number of hydrogen-bond donors (Lipinski definition) is 1. The summed E-state index contributed by atoms with van der Waals surface area (Å²) in [6, 6.07) is 14.3. The molecule has 2 aromatic rings. The highest BCUT2D eigenvalue weighted by atomic mass is 16.5. The van der Waals surface area contributed by atoms with Crippen LogP contribution in [0.4, 0.5) is 0 Å². The van der Waals surface area contributed by atoms with E-state index in [-0.39, 0.29) is 0 Å². The molecule has 22 heavy (non-hydrogen) atoms. The number of hydrogen-bond acceptors (Lipinski definition) is 3. The largest absolute Gasteiger partial charge is 0.496 e. The van der Waals surface area contributed by atoms with Crippen LogP contribution in [-0.2, 0) is 6.54 Å². The van der Waals surface area contributed by atoms with Crippen molar-refractivity contribution < 1.29 is 4.74 Å². The van der Waals surface area contributed by atoms with E-state index in [4.69, 9.17) is 4.74 Å². The fourth-order valence-corrected chi connectivity index (χ4v) is 4.05. The highest BCUT2D eigenvalue weighted by molar-refractivity contribution is 5.87. The number of nitrogens with one attached hydrogen (secondary N) is 1. The lowest BCUT2D eigenvalue weighted by atomic mass is 10.0. The molecule has 0 aliphatic carbocycles. The summed E-state index contributed by atoms with van der Waals surface area (Å²) in [5.74, 6) is 1.01. The molecule has 2 unspecified atom stereocenters. The standard InChI is InChI=1S/C19H24N2O/c1-22-19-9-6-14-4-2-3-5-17(14)18(19)13-21-11-10-15-7-8-16(12-21)20-15/h2-6,9,15-16,20H,7-8,10-13H2,1H3. The molecular formula is C19H24N2O. The molecule has 0 aromatic heterocycles. The van der Waals surface area contributed by atoms with Gasteiger partial charge in [0.1, 0.15) is 5.75 Å². The van der Waals surface area contributed by atoms with Crippen LogP contribution in [0.25, 0.3) is 10.8 Å². The molecule has 2 saturated heterocycles. The van der Waals surface area contributed by atoms with E-state index in [0.29, 0.717) is 6.04 Å². The summed E-state index contributed by atoms with van der Waals surface area (Å²) >= 11 is 0. The predicted octanol–water partition coefficient (Wildman–Crippen LogP) is 3.17. The van der Waals surface area contributed by atoms with Crippen LogP contribution in [0.5, 0.6) is 5.75 Å². The number of nitrogens with zero attached hydrogens (tertiary/aromatic N) is 1. The zero-order valence-corrected chi connectivity index (χ0v) is 13.2. The van der Waals surface area contributed by atoms with Gasteiger partial charge in [-0.25, -0.2) is 0 Å². The Morgan fingerprint density at radius 2 is 1.95 bits per heavy atom. The van der Waals surface area contributed by atoms with Crippen LogP contribution in [0.2, 0.25) is 0 Å². The molecular weight excluding hydrogens is 272 g/mol. The average molecular weight is 296 g/mol. The van der Waals surface area contributed by atoms with Crippen molar-refractivity contribution in [3.05, 3.63) is 42.0 Å². The zero-order chi connectivity index (χ0) is 14.9. The summed E-state index contributed by atoms with van der Waals surface area (Å²) in [4.78, 5) is 2.60. The smallest absolute Gasteiger partial charge is 0.123 e. The molecule has 0 spiro atoms.